The van der Waals surface area contributed by atoms with Crippen molar-refractivity contribution in [3.63, 3.8) is 0 Å². The molecule has 3 heterocycles. The third-order valence-electron chi connectivity index (χ3n) is 9.47. The fourth-order valence-corrected chi connectivity index (χ4v) is 6.37. The minimum atomic E-state index is 0.393. The zero-order chi connectivity index (χ0) is 29.7. The van der Waals surface area contributed by atoms with E-state index in [0.717, 1.165) is 37.4 Å². The number of allylic oxidation sites excluding steroid dienone is 3. The van der Waals surface area contributed by atoms with Gasteiger partial charge in [-0.05, 0) is 119 Å². The van der Waals surface area contributed by atoms with E-state index in [-0.39, 0.29) is 0 Å². The highest BCUT2D eigenvalue weighted by Crippen LogP contribution is 2.30. The number of rotatable bonds is 12. The van der Waals surface area contributed by atoms with Gasteiger partial charge in [0.25, 0.3) is 0 Å². The lowest BCUT2D eigenvalue weighted by atomic mass is 9.87. The molecule has 1 saturated heterocycles. The van der Waals surface area contributed by atoms with Crippen molar-refractivity contribution in [2.45, 2.75) is 104 Å². The average Bonchev–Trinajstić information content (AvgIpc) is 3.12. The lowest BCUT2D eigenvalue weighted by Gasteiger charge is -2.18. The maximum atomic E-state index is 5.91. The molecule has 0 saturated carbocycles. The fourth-order valence-electron chi connectivity index (χ4n) is 6.37. The summed E-state index contributed by atoms with van der Waals surface area (Å²) in [6.07, 6.45) is 19.4. The molecular formula is C38H55N3O. The summed E-state index contributed by atoms with van der Waals surface area (Å²) in [6, 6.07) is 13.7. The van der Waals surface area contributed by atoms with E-state index in [0.29, 0.717) is 17.7 Å². The number of hydrogen-bond acceptors (Lipinski definition) is 4. The number of pyridine rings is 1. The van der Waals surface area contributed by atoms with Crippen LogP contribution in [-0.2, 0) is 6.42 Å². The Balaban J connectivity index is 1.29. The van der Waals surface area contributed by atoms with Crippen LogP contribution >= 0.6 is 0 Å². The van der Waals surface area contributed by atoms with E-state index < -0.39 is 0 Å². The molecule has 0 amide bonds. The van der Waals surface area contributed by atoms with Crippen LogP contribution in [0, 0.1) is 11.8 Å². The van der Waals surface area contributed by atoms with Crippen LogP contribution in [0.3, 0.4) is 0 Å². The van der Waals surface area contributed by atoms with Gasteiger partial charge in [0.1, 0.15) is 0 Å². The average molecular weight is 570 g/mol. The first-order chi connectivity index (χ1) is 20.4. The topological polar surface area (TPSA) is 37.7 Å². The van der Waals surface area contributed by atoms with Crippen molar-refractivity contribution in [2.24, 2.45) is 16.8 Å². The van der Waals surface area contributed by atoms with E-state index in [2.05, 4.69) is 81.0 Å². The zero-order valence-corrected chi connectivity index (χ0v) is 27.1. The molecule has 42 heavy (non-hydrogen) atoms. The van der Waals surface area contributed by atoms with Crippen molar-refractivity contribution in [3.8, 4) is 5.88 Å². The third kappa shape index (κ3) is 9.93. The normalized spacial score (nSPS) is 20.2. The van der Waals surface area contributed by atoms with Crippen molar-refractivity contribution in [1.82, 2.24) is 9.88 Å². The van der Waals surface area contributed by atoms with Crippen LogP contribution in [0.5, 0.6) is 5.88 Å². The monoisotopic (exact) mass is 569 g/mol. The summed E-state index contributed by atoms with van der Waals surface area (Å²) < 4.78 is 5.91. The highest BCUT2D eigenvalue weighted by Gasteiger charge is 2.18. The molecule has 2 aliphatic heterocycles. The molecule has 4 nitrogen and oxygen atoms in total. The Morgan fingerprint density at radius 1 is 0.976 bits per heavy atom. The van der Waals surface area contributed by atoms with Gasteiger partial charge in [0.05, 0.1) is 6.61 Å². The van der Waals surface area contributed by atoms with Crippen LogP contribution in [0.25, 0.3) is 5.57 Å². The van der Waals surface area contributed by atoms with Crippen molar-refractivity contribution < 1.29 is 4.74 Å². The van der Waals surface area contributed by atoms with E-state index in [9.17, 15) is 0 Å². The predicted octanol–water partition coefficient (Wildman–Crippen LogP) is 9.67. The van der Waals surface area contributed by atoms with E-state index in [1.165, 1.54) is 92.4 Å². The predicted molar refractivity (Wildman–Crippen MR) is 179 cm³/mol. The Hall–Kier alpha value is -2.72. The number of aliphatic imine (C=N–C) groups is 1. The molecule has 4 rings (SSSR count). The molecule has 228 valence electrons. The molecule has 4 heteroatoms. The van der Waals surface area contributed by atoms with Gasteiger partial charge >= 0.3 is 0 Å². The second-order valence-corrected chi connectivity index (χ2v) is 13.0. The van der Waals surface area contributed by atoms with Gasteiger partial charge in [0.2, 0.25) is 5.88 Å². The second-order valence-electron chi connectivity index (χ2n) is 13.0. The molecule has 0 aliphatic carbocycles. The Morgan fingerprint density at radius 2 is 1.76 bits per heavy atom. The van der Waals surface area contributed by atoms with Crippen LogP contribution < -0.4 is 4.74 Å². The zero-order valence-electron chi connectivity index (χ0n) is 27.1. The molecule has 2 aromatic rings. The lowest BCUT2D eigenvalue weighted by molar-refractivity contribution is 0.289. The van der Waals surface area contributed by atoms with Gasteiger partial charge < -0.3 is 9.64 Å². The molecule has 0 bridgehead atoms. The molecule has 3 atom stereocenters. The summed E-state index contributed by atoms with van der Waals surface area (Å²) >= 11 is 0. The Morgan fingerprint density at radius 3 is 2.52 bits per heavy atom. The van der Waals surface area contributed by atoms with Gasteiger partial charge in [-0.3, -0.25) is 4.99 Å². The van der Waals surface area contributed by atoms with Crippen LogP contribution in [0.1, 0.15) is 115 Å². The molecule has 3 unspecified atom stereocenters. The quantitative estimate of drug-likeness (QED) is 0.239. The first kappa shape index (κ1) is 32.2. The van der Waals surface area contributed by atoms with Gasteiger partial charge in [-0.1, -0.05) is 69.9 Å². The second kappa shape index (κ2) is 16.8. The summed E-state index contributed by atoms with van der Waals surface area (Å²) in [6.45, 7) is 12.4. The molecule has 1 aromatic heterocycles. The van der Waals surface area contributed by atoms with Gasteiger partial charge in [-0.25, -0.2) is 4.98 Å². The Kier molecular flexibility index (Phi) is 12.9. The van der Waals surface area contributed by atoms with Gasteiger partial charge in [-0.15, -0.1) is 0 Å². The van der Waals surface area contributed by atoms with Crippen molar-refractivity contribution >= 4 is 11.3 Å². The summed E-state index contributed by atoms with van der Waals surface area (Å²) in [5, 5.41) is 0. The van der Waals surface area contributed by atoms with Gasteiger partial charge in [-0.2, -0.15) is 0 Å². The highest BCUT2D eigenvalue weighted by molar-refractivity contribution is 5.93. The van der Waals surface area contributed by atoms with Crippen molar-refractivity contribution in [3.05, 3.63) is 77.1 Å². The van der Waals surface area contributed by atoms with Crippen LogP contribution in [-0.4, -0.2) is 42.3 Å². The molecule has 0 N–H and O–H groups in total. The van der Waals surface area contributed by atoms with Crippen molar-refractivity contribution in [1.29, 1.82) is 0 Å². The fraction of sp³-hybridized carbons (Fsp3) is 0.579. The van der Waals surface area contributed by atoms with Crippen LogP contribution in [0.2, 0.25) is 0 Å². The van der Waals surface area contributed by atoms with Crippen LogP contribution in [0.15, 0.2) is 65.4 Å². The van der Waals surface area contributed by atoms with Crippen molar-refractivity contribution in [2.75, 3.05) is 26.7 Å². The van der Waals surface area contributed by atoms with E-state index in [1.807, 2.05) is 18.5 Å². The van der Waals surface area contributed by atoms with Crippen LogP contribution in [0.4, 0.5) is 0 Å². The summed E-state index contributed by atoms with van der Waals surface area (Å²) in [7, 11) is 2.27. The van der Waals surface area contributed by atoms with E-state index in [4.69, 9.17) is 9.73 Å². The van der Waals surface area contributed by atoms with Gasteiger partial charge in [0, 0.05) is 36.2 Å². The maximum Gasteiger partial charge on any atom is 0.213 e. The molecule has 1 fully saturated rings. The molecule has 1 aromatic carbocycles. The lowest BCUT2D eigenvalue weighted by Crippen LogP contribution is -2.20. The molecule has 0 spiro atoms. The Labute approximate surface area is 256 Å². The number of hydrogen-bond donors (Lipinski definition) is 0. The van der Waals surface area contributed by atoms with Gasteiger partial charge in [0.15, 0.2) is 0 Å². The molecular weight excluding hydrogens is 514 g/mol. The summed E-state index contributed by atoms with van der Waals surface area (Å²) in [5.41, 5.74) is 7.89. The number of unbranched alkanes of at least 4 members (excludes halogenated alkanes) is 1. The summed E-state index contributed by atoms with van der Waals surface area (Å²) in [4.78, 5) is 12.0. The van der Waals surface area contributed by atoms with E-state index >= 15 is 0 Å². The molecule has 2 aliphatic rings. The first-order valence-electron chi connectivity index (χ1n) is 16.7. The number of ether oxygens (including phenoxy) is 1. The SMILES string of the molecule is CCC(C)CCCCOc1ccc(C2=C(C)CC(C(C)Cc3ccc(C4CCCCN(C)CCC4)cc3)=NC=C2)cn1. The molecule has 0 radical (unpaired) electrons. The largest absolute Gasteiger partial charge is 0.478 e. The minimum Gasteiger partial charge on any atom is -0.478 e. The summed E-state index contributed by atoms with van der Waals surface area (Å²) in [5.74, 6) is 2.62. The number of nitrogens with zero attached hydrogens (tertiary/aromatic N) is 3. The first-order valence-corrected chi connectivity index (χ1v) is 16.7. The highest BCUT2D eigenvalue weighted by atomic mass is 16.5. The third-order valence-corrected chi connectivity index (χ3v) is 9.47. The smallest absolute Gasteiger partial charge is 0.213 e. The maximum absolute atomic E-state index is 5.91. The Bertz CT molecular complexity index is 1180. The number of aromatic nitrogens is 1. The minimum absolute atomic E-state index is 0.393. The number of benzene rings is 1. The van der Waals surface area contributed by atoms with E-state index in [1.54, 1.807) is 0 Å². The standard InChI is InChI=1S/C38H55N3O/c1-6-29(2)12-8-10-25-42-38-20-19-35(28-40-38)36-21-22-39-37(27-30(36)3)31(4)26-32-15-17-34(18-16-32)33-13-7-9-23-41(5)24-11-14-33/h15-22,28-29,31,33H,6-14,23-27H2,1-5H3.